The van der Waals surface area contributed by atoms with Gasteiger partial charge in [0.05, 0.1) is 0 Å². The largest absolute Gasteiger partial charge is 0.444 e. The first-order valence-electron chi connectivity index (χ1n) is 7.67. The minimum absolute atomic E-state index is 0.259. The molecule has 5 heteroatoms. The molecule has 1 aromatic rings. The second-order valence-electron chi connectivity index (χ2n) is 6.57. The number of carbonyl (C=O) groups is 2. The molecule has 1 amide bonds. The Labute approximate surface area is 138 Å². The van der Waals surface area contributed by atoms with Crippen molar-refractivity contribution in [3.05, 3.63) is 29.8 Å². The number of benzene rings is 1. The van der Waals surface area contributed by atoms with Gasteiger partial charge in [0, 0.05) is 12.1 Å². The van der Waals surface area contributed by atoms with Crippen LogP contribution in [0.15, 0.2) is 24.3 Å². The summed E-state index contributed by atoms with van der Waals surface area (Å²) in [7, 11) is 5.61. The Bertz CT molecular complexity index is 650. The highest BCUT2D eigenvalue weighted by Crippen LogP contribution is 2.21. The van der Waals surface area contributed by atoms with E-state index in [9.17, 15) is 9.59 Å². The zero-order valence-corrected chi connectivity index (χ0v) is 13.8. The van der Waals surface area contributed by atoms with Crippen LogP contribution in [0.2, 0.25) is 0 Å². The van der Waals surface area contributed by atoms with Gasteiger partial charge < -0.3 is 4.74 Å². The third-order valence-corrected chi connectivity index (χ3v) is 3.42. The number of Topliss-reactive ketones (excluding diaryl/α,β-unsaturated/α-hetero) is 1. The van der Waals surface area contributed by atoms with E-state index < -0.39 is 17.7 Å². The first-order chi connectivity index (χ1) is 10.8. The van der Waals surface area contributed by atoms with Crippen LogP contribution in [0.5, 0.6) is 0 Å². The number of ketones is 1. The molecule has 1 saturated heterocycles. The smallest absolute Gasteiger partial charge is 0.410 e. The Morgan fingerprint density at radius 3 is 2.52 bits per heavy atom. The molecule has 1 atom stereocenters. The molecule has 4 nitrogen and oxygen atoms in total. The standard InChI is InChI=1S/C18H20BNO3/c1-18(2,3)23-17(22)20-12-4-5-15(20)16(21)11-8-13-6-9-14(19)10-7-13/h6-7,9-10,15H,4-5,12H2,1-3H3. The molecule has 1 unspecified atom stereocenters. The van der Waals surface area contributed by atoms with E-state index >= 15 is 0 Å². The maximum atomic E-state index is 12.3. The SMILES string of the molecule is [B]c1ccc(C#CC(=O)C2CCCN2C(=O)OC(C)(C)C)cc1. The molecule has 0 aliphatic carbocycles. The summed E-state index contributed by atoms with van der Waals surface area (Å²) in [5, 5.41) is 0. The summed E-state index contributed by atoms with van der Waals surface area (Å²) < 4.78 is 5.35. The monoisotopic (exact) mass is 309 g/mol. The Morgan fingerprint density at radius 1 is 1.26 bits per heavy atom. The summed E-state index contributed by atoms with van der Waals surface area (Å²) in [6.45, 7) is 5.94. The van der Waals surface area contributed by atoms with Gasteiger partial charge in [0.25, 0.3) is 0 Å². The van der Waals surface area contributed by atoms with Crippen LogP contribution in [0.4, 0.5) is 4.79 Å². The van der Waals surface area contributed by atoms with E-state index in [1.54, 1.807) is 45.0 Å². The molecule has 1 heterocycles. The van der Waals surface area contributed by atoms with Gasteiger partial charge in [0.1, 0.15) is 19.5 Å². The lowest BCUT2D eigenvalue weighted by Crippen LogP contribution is -2.43. The summed E-state index contributed by atoms with van der Waals surface area (Å²) >= 11 is 0. The van der Waals surface area contributed by atoms with Crippen molar-refractivity contribution in [2.45, 2.75) is 45.3 Å². The van der Waals surface area contributed by atoms with Crippen molar-refractivity contribution in [1.82, 2.24) is 4.90 Å². The first-order valence-corrected chi connectivity index (χ1v) is 7.67. The third-order valence-electron chi connectivity index (χ3n) is 3.42. The summed E-state index contributed by atoms with van der Waals surface area (Å²) in [6.07, 6.45) is 0.941. The molecular weight excluding hydrogens is 289 g/mol. The fraction of sp³-hybridized carbons (Fsp3) is 0.444. The van der Waals surface area contributed by atoms with Crippen LogP contribution in [-0.2, 0) is 9.53 Å². The van der Waals surface area contributed by atoms with Crippen molar-refractivity contribution in [2.75, 3.05) is 6.54 Å². The van der Waals surface area contributed by atoms with Gasteiger partial charge >= 0.3 is 6.09 Å². The van der Waals surface area contributed by atoms with Crippen LogP contribution >= 0.6 is 0 Å². The number of hydrogen-bond acceptors (Lipinski definition) is 3. The molecule has 0 bridgehead atoms. The summed E-state index contributed by atoms with van der Waals surface area (Å²) in [6, 6.07) is 6.46. The van der Waals surface area contributed by atoms with Crippen LogP contribution in [0.3, 0.4) is 0 Å². The average Bonchev–Trinajstić information content (AvgIpc) is 2.94. The zero-order valence-electron chi connectivity index (χ0n) is 13.8. The van der Waals surface area contributed by atoms with Gasteiger partial charge in [-0.05, 0) is 51.7 Å². The van der Waals surface area contributed by atoms with Gasteiger partial charge in [-0.3, -0.25) is 9.69 Å². The molecule has 0 spiro atoms. The fourth-order valence-electron chi connectivity index (χ4n) is 2.36. The molecule has 0 aromatic heterocycles. The lowest BCUT2D eigenvalue weighted by atomic mass is 9.95. The molecule has 2 rings (SSSR count). The van der Waals surface area contributed by atoms with Crippen LogP contribution in [0, 0.1) is 11.8 Å². The molecule has 1 aliphatic rings. The third kappa shape index (κ3) is 4.89. The number of carbonyl (C=O) groups excluding carboxylic acids is 2. The summed E-state index contributed by atoms with van der Waals surface area (Å²) in [5.74, 6) is 5.19. The molecular formula is C18H20BNO3. The van der Waals surface area contributed by atoms with Gasteiger partial charge in [-0.1, -0.05) is 23.5 Å². The normalized spacial score (nSPS) is 17.3. The molecule has 0 saturated carbocycles. The molecule has 23 heavy (non-hydrogen) atoms. The van der Waals surface area contributed by atoms with Crippen molar-refractivity contribution in [3.8, 4) is 11.8 Å². The quantitative estimate of drug-likeness (QED) is 0.587. The lowest BCUT2D eigenvalue weighted by Gasteiger charge is -2.27. The van der Waals surface area contributed by atoms with E-state index in [2.05, 4.69) is 11.8 Å². The van der Waals surface area contributed by atoms with Crippen LogP contribution < -0.4 is 5.46 Å². The number of amides is 1. The number of ether oxygens (including phenoxy) is 1. The molecule has 1 aromatic carbocycles. The number of hydrogen-bond donors (Lipinski definition) is 0. The zero-order chi connectivity index (χ0) is 17.0. The van der Waals surface area contributed by atoms with Gasteiger partial charge in [-0.25, -0.2) is 4.79 Å². The Hall–Kier alpha value is -2.22. The van der Waals surface area contributed by atoms with Gasteiger partial charge in [0.2, 0.25) is 5.78 Å². The van der Waals surface area contributed by atoms with Crippen LogP contribution in [0.25, 0.3) is 0 Å². The van der Waals surface area contributed by atoms with Gasteiger partial charge in [0.15, 0.2) is 0 Å². The van der Waals surface area contributed by atoms with Crippen molar-refractivity contribution >= 4 is 25.2 Å². The highest BCUT2D eigenvalue weighted by atomic mass is 16.6. The Morgan fingerprint density at radius 2 is 1.91 bits per heavy atom. The van der Waals surface area contributed by atoms with E-state index in [4.69, 9.17) is 12.6 Å². The number of likely N-dealkylation sites (tertiary alicyclic amines) is 1. The van der Waals surface area contributed by atoms with E-state index in [1.807, 2.05) is 0 Å². The molecule has 2 radical (unpaired) electrons. The second kappa shape index (κ2) is 6.91. The van der Waals surface area contributed by atoms with E-state index in [0.29, 0.717) is 18.4 Å². The Kier molecular flexibility index (Phi) is 5.15. The molecule has 1 aliphatic heterocycles. The molecule has 118 valence electrons. The highest BCUT2D eigenvalue weighted by molar-refractivity contribution is 6.32. The first kappa shape index (κ1) is 17.1. The predicted molar refractivity (Wildman–Crippen MR) is 89.7 cm³/mol. The van der Waals surface area contributed by atoms with Crippen molar-refractivity contribution in [3.63, 3.8) is 0 Å². The predicted octanol–water partition coefficient (Wildman–Crippen LogP) is 1.80. The minimum Gasteiger partial charge on any atom is -0.444 e. The average molecular weight is 309 g/mol. The maximum Gasteiger partial charge on any atom is 0.410 e. The summed E-state index contributed by atoms with van der Waals surface area (Å²) in [5.41, 5.74) is 0.784. The highest BCUT2D eigenvalue weighted by Gasteiger charge is 2.35. The number of rotatable bonds is 1. The fourth-order valence-corrected chi connectivity index (χ4v) is 2.36. The molecule has 0 N–H and O–H groups in total. The molecule has 1 fully saturated rings. The Balaban J connectivity index is 2.06. The second-order valence-corrected chi connectivity index (χ2v) is 6.57. The summed E-state index contributed by atoms with van der Waals surface area (Å²) in [4.78, 5) is 26.0. The minimum atomic E-state index is -0.580. The van der Waals surface area contributed by atoms with E-state index in [1.165, 1.54) is 4.90 Å². The van der Waals surface area contributed by atoms with Crippen molar-refractivity contribution in [2.24, 2.45) is 0 Å². The van der Waals surface area contributed by atoms with Crippen LogP contribution in [0.1, 0.15) is 39.2 Å². The van der Waals surface area contributed by atoms with Crippen molar-refractivity contribution < 1.29 is 14.3 Å². The van der Waals surface area contributed by atoms with Crippen molar-refractivity contribution in [1.29, 1.82) is 0 Å². The topological polar surface area (TPSA) is 46.6 Å². The van der Waals surface area contributed by atoms with E-state index in [-0.39, 0.29) is 5.78 Å². The van der Waals surface area contributed by atoms with Gasteiger partial charge in [-0.2, -0.15) is 0 Å². The van der Waals surface area contributed by atoms with E-state index in [0.717, 1.165) is 12.0 Å². The number of nitrogens with zero attached hydrogens (tertiary/aromatic N) is 1. The van der Waals surface area contributed by atoms with Crippen LogP contribution in [-0.4, -0.2) is 42.8 Å². The van der Waals surface area contributed by atoms with Gasteiger partial charge in [-0.15, -0.1) is 0 Å². The lowest BCUT2D eigenvalue weighted by molar-refractivity contribution is -0.117. The maximum absolute atomic E-state index is 12.3.